The van der Waals surface area contributed by atoms with E-state index < -0.39 is 127 Å². The van der Waals surface area contributed by atoms with Crippen molar-refractivity contribution in [2.24, 2.45) is 22.9 Å². The number of primary amides is 1. The van der Waals surface area contributed by atoms with E-state index in [-0.39, 0.29) is 25.8 Å². The van der Waals surface area contributed by atoms with Gasteiger partial charge in [-0.1, -0.05) is 24.6 Å². The molecule has 0 saturated carbocycles. The van der Waals surface area contributed by atoms with Gasteiger partial charge in [0, 0.05) is 23.5 Å². The molecule has 0 aliphatic carbocycles. The Morgan fingerprint density at radius 2 is 1.23 bits per heavy atom. The van der Waals surface area contributed by atoms with Crippen LogP contribution in [0.1, 0.15) is 70.8 Å². The van der Waals surface area contributed by atoms with Crippen LogP contribution in [0.2, 0.25) is 0 Å². The van der Waals surface area contributed by atoms with E-state index in [0.29, 0.717) is 37.8 Å². The smallest absolute Gasteiger partial charge is 0.326 e. The lowest BCUT2D eigenvalue weighted by Gasteiger charge is -2.26. The fourth-order valence-electron chi connectivity index (χ4n) is 6.33. The Morgan fingerprint density at radius 3 is 1.83 bits per heavy atom. The lowest BCUT2D eigenvalue weighted by Crippen LogP contribution is -2.59. The molecule has 0 unspecified atom stereocenters. The number of rotatable bonds is 30. The number of hydrogen-bond acceptors (Lipinski definition) is 14. The minimum atomic E-state index is -1.82. The second-order valence-electron chi connectivity index (χ2n) is 15.3. The van der Waals surface area contributed by atoms with E-state index >= 15 is 0 Å². The molecule has 0 spiro atoms. The predicted molar refractivity (Wildman–Crippen MR) is 231 cm³/mol. The van der Waals surface area contributed by atoms with Gasteiger partial charge in [-0.3, -0.25) is 43.2 Å². The fourth-order valence-corrected chi connectivity index (χ4v) is 6.33. The Kier molecular flexibility index (Phi) is 23.0. The maximum Gasteiger partial charge on any atom is 0.326 e. The minimum Gasteiger partial charge on any atom is -0.481 e. The Hall–Kier alpha value is -6.70. The number of H-pyrrole nitrogens is 1. The van der Waals surface area contributed by atoms with Crippen LogP contribution in [0.15, 0.2) is 30.5 Å². The van der Waals surface area contributed by atoms with Gasteiger partial charge in [-0.2, -0.15) is 0 Å². The van der Waals surface area contributed by atoms with Crippen LogP contribution in [-0.2, 0) is 54.4 Å². The normalized spacial score (nSPS) is 14.7. The van der Waals surface area contributed by atoms with Crippen LogP contribution in [0, 0.1) is 0 Å². The lowest BCUT2D eigenvalue weighted by atomic mass is 10.0. The van der Waals surface area contributed by atoms with Crippen molar-refractivity contribution >= 4 is 70.1 Å². The summed E-state index contributed by atoms with van der Waals surface area (Å²) in [7, 11) is 0. The number of aromatic nitrogens is 1. The van der Waals surface area contributed by atoms with Crippen molar-refractivity contribution in [3.05, 3.63) is 36.0 Å². The molecule has 8 atom stereocenters. The topological polar surface area (TPSA) is 435 Å². The van der Waals surface area contributed by atoms with Gasteiger partial charge >= 0.3 is 11.9 Å². The average Bonchev–Trinajstić information content (AvgIpc) is 3.65. The first-order valence-corrected chi connectivity index (χ1v) is 20.9. The first-order valence-electron chi connectivity index (χ1n) is 20.9. The predicted octanol–water partition coefficient (Wildman–Crippen LogP) is -4.84. The maximum absolute atomic E-state index is 13.5. The third-order valence-corrected chi connectivity index (χ3v) is 9.91. The zero-order valence-electron chi connectivity index (χ0n) is 36.2. The second kappa shape index (κ2) is 27.5. The summed E-state index contributed by atoms with van der Waals surface area (Å²) >= 11 is 0. The second-order valence-corrected chi connectivity index (χ2v) is 15.3. The molecule has 0 fully saturated rings. The van der Waals surface area contributed by atoms with Gasteiger partial charge in [0.25, 0.3) is 0 Å². The summed E-state index contributed by atoms with van der Waals surface area (Å²) in [6.07, 6.45) is 0.346. The molecular weight excluding hydrogens is 857 g/mol. The van der Waals surface area contributed by atoms with Gasteiger partial charge in [-0.25, -0.2) is 4.79 Å². The molecule has 25 nitrogen and oxygen atoms in total. The fraction of sp³-hybridized carbons (Fsp3) is 0.550. The highest BCUT2D eigenvalue weighted by Crippen LogP contribution is 2.19. The first-order chi connectivity index (χ1) is 30.7. The number of carbonyl (C=O) groups excluding carboxylic acids is 8. The number of unbranched alkanes of at least 4 members (excludes halogenated alkanes) is 2. The summed E-state index contributed by atoms with van der Waals surface area (Å²) in [5.74, 6) is -10.9. The third kappa shape index (κ3) is 18.9. The molecule has 0 aliphatic heterocycles. The monoisotopic (exact) mass is 918 g/mol. The summed E-state index contributed by atoms with van der Waals surface area (Å²) in [6, 6.07) is -3.23. The van der Waals surface area contributed by atoms with Crippen LogP contribution in [0.5, 0.6) is 0 Å². The van der Waals surface area contributed by atoms with Gasteiger partial charge in [0.15, 0.2) is 0 Å². The van der Waals surface area contributed by atoms with Crippen LogP contribution >= 0.6 is 0 Å². The number of benzene rings is 1. The third-order valence-electron chi connectivity index (χ3n) is 9.91. The van der Waals surface area contributed by atoms with Crippen molar-refractivity contribution in [1.82, 2.24) is 42.2 Å². The van der Waals surface area contributed by atoms with Crippen molar-refractivity contribution in [2.75, 3.05) is 19.6 Å². The molecule has 65 heavy (non-hydrogen) atoms. The van der Waals surface area contributed by atoms with Gasteiger partial charge in [-0.05, 0) is 70.7 Å². The molecule has 0 radical (unpaired) electrons. The van der Waals surface area contributed by atoms with Crippen LogP contribution in [0.25, 0.3) is 10.9 Å². The van der Waals surface area contributed by atoms with Crippen LogP contribution in [0.4, 0.5) is 0 Å². The minimum absolute atomic E-state index is 0.00108. The van der Waals surface area contributed by atoms with E-state index in [2.05, 4.69) is 42.2 Å². The Balaban J connectivity index is 2.09. The van der Waals surface area contributed by atoms with Gasteiger partial charge in [0.05, 0.1) is 31.5 Å². The van der Waals surface area contributed by atoms with Gasteiger partial charge in [0.1, 0.15) is 36.3 Å². The molecule has 25 heteroatoms. The Bertz CT molecular complexity index is 1990. The first kappa shape index (κ1) is 54.4. The number of fused-ring (bicyclic) bond motifs is 1. The molecular formula is C40H62N12O13. The molecule has 360 valence electrons. The van der Waals surface area contributed by atoms with Gasteiger partial charge in [0.2, 0.25) is 47.3 Å². The number of carboxylic acids is 2. The maximum atomic E-state index is 13.5. The summed E-state index contributed by atoms with van der Waals surface area (Å²) in [5.41, 5.74) is 23.5. The molecule has 2 aromatic rings. The quantitative estimate of drug-likeness (QED) is 0.0327. The number of aliphatic hydroxyl groups is 1. The standard InChI is InChI=1S/C40H62N12O13/c1-20(47-38(62)27(16-30(44)54)50-35(59)24(43)10-5-7-13-41)34(58)49-28(17-32(56)57)36(60)46-19-31(55)52-33(21(2)53)39(63)48-26(12-6-8-14-42)37(61)51-29(40(64)65)15-22-18-45-25-11-4-3-9-23(22)25/h3-4,9,11,18,20-21,24,26-29,33,45,53H,5-8,10,12-17,19,41-43H2,1-2H3,(H2,44,54)(H,46,60)(H,47,62)(H,48,63)(H,49,58)(H,50,59)(H,51,61)(H,52,55)(H,56,57)(H,64,65)/t20-,21+,24-,26-,27-,28-,29-,33-/m0/s1. The highest BCUT2D eigenvalue weighted by atomic mass is 16.4. The van der Waals surface area contributed by atoms with E-state index in [4.69, 9.17) is 22.9 Å². The van der Waals surface area contributed by atoms with E-state index in [1.54, 1.807) is 30.5 Å². The molecule has 2 rings (SSSR count). The van der Waals surface area contributed by atoms with Crippen molar-refractivity contribution < 1.29 is 63.3 Å². The highest BCUT2D eigenvalue weighted by molar-refractivity contribution is 5.98. The largest absolute Gasteiger partial charge is 0.481 e. The van der Waals surface area contributed by atoms with E-state index in [0.717, 1.165) is 24.8 Å². The Morgan fingerprint density at radius 1 is 0.662 bits per heavy atom. The van der Waals surface area contributed by atoms with Gasteiger partial charge in [-0.15, -0.1) is 0 Å². The summed E-state index contributed by atoms with van der Waals surface area (Å²) in [5, 5.41) is 46.5. The SMILES string of the molecule is C[C@H](NC(=O)[C@H](CC(N)=O)NC(=O)[C@@H](N)CCCCN)C(=O)N[C@@H](CC(=O)O)C(=O)NCC(=O)N[C@H](C(=O)N[C@@H](CCCCN)C(=O)N[C@@H](Cc1c[nH]c2ccccc12)C(=O)O)[C@@H](C)O. The molecule has 1 aromatic carbocycles. The molecule has 1 heterocycles. The molecule has 0 bridgehead atoms. The molecule has 0 saturated heterocycles. The number of hydrogen-bond donors (Lipinski definition) is 15. The summed E-state index contributed by atoms with van der Waals surface area (Å²) in [4.78, 5) is 130. The van der Waals surface area contributed by atoms with Crippen molar-refractivity contribution in [2.45, 2.75) is 120 Å². The number of aliphatic hydroxyl groups excluding tert-OH is 1. The molecule has 0 aliphatic rings. The Labute approximate surface area is 373 Å². The summed E-state index contributed by atoms with van der Waals surface area (Å²) < 4.78 is 0. The molecule has 1 aromatic heterocycles. The molecule has 19 N–H and O–H groups in total. The number of nitrogens with one attached hydrogen (secondary N) is 8. The summed E-state index contributed by atoms with van der Waals surface area (Å²) in [6.45, 7) is 2.01. The van der Waals surface area contributed by atoms with E-state index in [1.165, 1.54) is 0 Å². The van der Waals surface area contributed by atoms with Crippen LogP contribution in [0.3, 0.4) is 0 Å². The number of carboxylic acid groups (broad SMARTS) is 2. The number of nitrogens with two attached hydrogens (primary N) is 4. The highest BCUT2D eigenvalue weighted by Gasteiger charge is 2.34. The van der Waals surface area contributed by atoms with Crippen molar-refractivity contribution in [1.29, 1.82) is 0 Å². The van der Waals surface area contributed by atoms with Crippen molar-refractivity contribution in [3.63, 3.8) is 0 Å². The average molecular weight is 919 g/mol. The number of aliphatic carboxylic acids is 2. The van der Waals surface area contributed by atoms with E-state index in [9.17, 15) is 63.3 Å². The van der Waals surface area contributed by atoms with Crippen molar-refractivity contribution in [3.8, 4) is 0 Å². The zero-order chi connectivity index (χ0) is 48.8. The lowest BCUT2D eigenvalue weighted by molar-refractivity contribution is -0.142. The number of amides is 8. The van der Waals surface area contributed by atoms with E-state index in [1.807, 2.05) is 0 Å². The number of carbonyl (C=O) groups is 10. The number of para-hydroxylation sites is 1. The molecule has 8 amide bonds. The zero-order valence-corrected chi connectivity index (χ0v) is 36.2. The number of aromatic amines is 1. The van der Waals surface area contributed by atoms with Crippen LogP contribution < -0.4 is 60.2 Å². The van der Waals surface area contributed by atoms with Crippen LogP contribution in [-0.4, -0.2) is 148 Å². The van der Waals surface area contributed by atoms with Gasteiger partial charge < -0.3 is 80.5 Å².